The zero-order chi connectivity index (χ0) is 21.0. The van der Waals surface area contributed by atoms with Crippen LogP contribution in [-0.2, 0) is 4.79 Å². The van der Waals surface area contributed by atoms with Gasteiger partial charge in [-0.05, 0) is 23.8 Å². The number of aromatic nitrogens is 3. The van der Waals surface area contributed by atoms with Gasteiger partial charge in [-0.1, -0.05) is 11.6 Å². The molecule has 1 aliphatic rings. The van der Waals surface area contributed by atoms with Crippen LogP contribution in [0.25, 0.3) is 11.4 Å². The molecule has 29 heavy (non-hydrogen) atoms. The van der Waals surface area contributed by atoms with Crippen LogP contribution in [-0.4, -0.2) is 57.8 Å². The SMILES string of the molecule is CNC(=O)c1cc(-c2cc(C3C(CC#N)NCCN3C(C)=O)cc(Cl)n2)ncn1. The molecular formula is C19H20ClN7O2. The first-order valence-corrected chi connectivity index (χ1v) is 9.42. The van der Waals surface area contributed by atoms with Crippen LogP contribution in [0.3, 0.4) is 0 Å². The second-order valence-electron chi connectivity index (χ2n) is 6.56. The molecule has 2 aromatic heterocycles. The molecule has 1 fully saturated rings. The van der Waals surface area contributed by atoms with Crippen LogP contribution in [0.5, 0.6) is 0 Å². The number of piperazine rings is 1. The van der Waals surface area contributed by atoms with Gasteiger partial charge in [0.25, 0.3) is 5.91 Å². The fourth-order valence-electron chi connectivity index (χ4n) is 3.45. The summed E-state index contributed by atoms with van der Waals surface area (Å²) in [6, 6.07) is 6.54. The van der Waals surface area contributed by atoms with Crippen molar-refractivity contribution in [3.63, 3.8) is 0 Å². The minimum absolute atomic E-state index is 0.0853. The highest BCUT2D eigenvalue weighted by Gasteiger charge is 2.34. The van der Waals surface area contributed by atoms with Crippen molar-refractivity contribution in [2.45, 2.75) is 25.4 Å². The number of amides is 2. The van der Waals surface area contributed by atoms with Crippen molar-refractivity contribution in [3.05, 3.63) is 40.9 Å². The van der Waals surface area contributed by atoms with Crippen LogP contribution in [0.4, 0.5) is 0 Å². The van der Waals surface area contributed by atoms with Gasteiger partial charge in [0.15, 0.2) is 0 Å². The third-order valence-electron chi connectivity index (χ3n) is 4.74. The number of nitrogens with zero attached hydrogens (tertiary/aromatic N) is 5. The van der Waals surface area contributed by atoms with E-state index in [0.29, 0.717) is 24.5 Å². The zero-order valence-electron chi connectivity index (χ0n) is 16.0. The van der Waals surface area contributed by atoms with Gasteiger partial charge in [0.05, 0.1) is 29.9 Å². The quantitative estimate of drug-likeness (QED) is 0.724. The molecule has 0 bridgehead atoms. The first-order chi connectivity index (χ1) is 13.9. The van der Waals surface area contributed by atoms with E-state index in [4.69, 9.17) is 11.6 Å². The molecule has 2 atom stereocenters. The molecule has 10 heteroatoms. The van der Waals surface area contributed by atoms with Gasteiger partial charge in [-0.25, -0.2) is 15.0 Å². The first kappa shape index (κ1) is 20.6. The van der Waals surface area contributed by atoms with Crippen LogP contribution in [0, 0.1) is 11.3 Å². The van der Waals surface area contributed by atoms with Gasteiger partial charge in [-0.3, -0.25) is 9.59 Å². The summed E-state index contributed by atoms with van der Waals surface area (Å²) in [7, 11) is 1.52. The summed E-state index contributed by atoms with van der Waals surface area (Å²) in [5.74, 6) is -0.429. The number of hydrogen-bond donors (Lipinski definition) is 2. The molecule has 0 spiro atoms. The number of pyridine rings is 1. The lowest BCUT2D eigenvalue weighted by atomic mass is 9.93. The molecule has 9 nitrogen and oxygen atoms in total. The zero-order valence-corrected chi connectivity index (χ0v) is 16.8. The van der Waals surface area contributed by atoms with Gasteiger partial charge in [0.1, 0.15) is 17.2 Å². The van der Waals surface area contributed by atoms with E-state index in [2.05, 4.69) is 31.7 Å². The predicted molar refractivity (Wildman–Crippen MR) is 106 cm³/mol. The Labute approximate surface area is 173 Å². The maximum absolute atomic E-state index is 12.2. The van der Waals surface area contributed by atoms with E-state index < -0.39 is 0 Å². The van der Waals surface area contributed by atoms with Crippen molar-refractivity contribution < 1.29 is 9.59 Å². The summed E-state index contributed by atoms with van der Waals surface area (Å²) in [6.45, 7) is 2.63. The normalized spacial score (nSPS) is 18.8. The topological polar surface area (TPSA) is 124 Å². The fourth-order valence-corrected chi connectivity index (χ4v) is 3.67. The maximum Gasteiger partial charge on any atom is 0.269 e. The Balaban J connectivity index is 2.07. The summed E-state index contributed by atoms with van der Waals surface area (Å²) in [4.78, 5) is 38.3. The minimum atomic E-state index is -0.375. The molecule has 2 amide bonds. The molecule has 0 saturated carbocycles. The van der Waals surface area contributed by atoms with Crippen molar-refractivity contribution in [3.8, 4) is 17.5 Å². The van der Waals surface area contributed by atoms with Crippen molar-refractivity contribution in [1.29, 1.82) is 5.26 Å². The Morgan fingerprint density at radius 2 is 2.14 bits per heavy atom. The summed E-state index contributed by atoms with van der Waals surface area (Å²) in [6.07, 6.45) is 1.52. The van der Waals surface area contributed by atoms with E-state index in [-0.39, 0.29) is 41.2 Å². The second-order valence-corrected chi connectivity index (χ2v) is 6.94. The smallest absolute Gasteiger partial charge is 0.269 e. The lowest BCUT2D eigenvalue weighted by molar-refractivity contribution is -0.133. The molecule has 0 radical (unpaired) electrons. The number of rotatable bonds is 4. The van der Waals surface area contributed by atoms with Crippen LogP contribution >= 0.6 is 11.6 Å². The number of carbonyl (C=O) groups excluding carboxylic acids is 2. The molecular weight excluding hydrogens is 394 g/mol. The van der Waals surface area contributed by atoms with Crippen molar-refractivity contribution in [2.24, 2.45) is 0 Å². The van der Waals surface area contributed by atoms with Gasteiger partial charge in [0, 0.05) is 33.1 Å². The van der Waals surface area contributed by atoms with E-state index in [0.717, 1.165) is 5.56 Å². The molecule has 3 heterocycles. The number of carbonyl (C=O) groups is 2. The highest BCUT2D eigenvalue weighted by Crippen LogP contribution is 2.32. The largest absolute Gasteiger partial charge is 0.354 e. The van der Waals surface area contributed by atoms with Gasteiger partial charge in [-0.2, -0.15) is 5.26 Å². The molecule has 0 aliphatic carbocycles. The predicted octanol–water partition coefficient (Wildman–Crippen LogP) is 1.33. The number of nitriles is 1. The molecule has 2 unspecified atom stereocenters. The average Bonchev–Trinajstić information content (AvgIpc) is 2.72. The molecule has 150 valence electrons. The van der Waals surface area contributed by atoms with Crippen molar-refractivity contribution in [1.82, 2.24) is 30.5 Å². The first-order valence-electron chi connectivity index (χ1n) is 9.04. The Morgan fingerprint density at radius 3 is 2.83 bits per heavy atom. The van der Waals surface area contributed by atoms with E-state index in [1.807, 2.05) is 0 Å². The Hall–Kier alpha value is -3.09. The third-order valence-corrected chi connectivity index (χ3v) is 4.93. The standard InChI is InChI=1S/C19H20ClN7O2/c1-11(28)27-6-5-23-13(3-4-21)18(27)12-7-15(26-17(20)8-12)14-9-16(19(29)22-2)25-10-24-14/h7-10,13,18,23H,3,5-6H2,1-2H3,(H,22,29). The number of halogens is 1. The van der Waals surface area contributed by atoms with Crippen LogP contribution in [0.1, 0.15) is 35.4 Å². The van der Waals surface area contributed by atoms with E-state index in [1.165, 1.54) is 26.4 Å². The van der Waals surface area contributed by atoms with E-state index in [9.17, 15) is 14.9 Å². The highest BCUT2D eigenvalue weighted by atomic mass is 35.5. The Morgan fingerprint density at radius 1 is 1.34 bits per heavy atom. The van der Waals surface area contributed by atoms with E-state index >= 15 is 0 Å². The molecule has 2 N–H and O–H groups in total. The second kappa shape index (κ2) is 8.94. The van der Waals surface area contributed by atoms with Crippen LogP contribution in [0.2, 0.25) is 5.15 Å². The van der Waals surface area contributed by atoms with Gasteiger partial charge in [-0.15, -0.1) is 0 Å². The summed E-state index contributed by atoms with van der Waals surface area (Å²) in [5.41, 5.74) is 1.82. The fraction of sp³-hybridized carbons (Fsp3) is 0.368. The average molecular weight is 414 g/mol. The Bertz CT molecular complexity index is 975. The maximum atomic E-state index is 12.2. The summed E-state index contributed by atoms with van der Waals surface area (Å²) in [5, 5.41) is 15.3. The highest BCUT2D eigenvalue weighted by molar-refractivity contribution is 6.29. The van der Waals surface area contributed by atoms with E-state index in [1.54, 1.807) is 17.0 Å². The number of hydrogen-bond acceptors (Lipinski definition) is 7. The van der Waals surface area contributed by atoms with Crippen LogP contribution in [0.15, 0.2) is 24.5 Å². The van der Waals surface area contributed by atoms with Crippen molar-refractivity contribution >= 4 is 23.4 Å². The number of nitrogens with one attached hydrogen (secondary N) is 2. The van der Waals surface area contributed by atoms with Gasteiger partial charge in [0.2, 0.25) is 5.91 Å². The Kier molecular flexibility index (Phi) is 6.36. The summed E-state index contributed by atoms with van der Waals surface area (Å²) >= 11 is 6.28. The molecule has 1 saturated heterocycles. The summed E-state index contributed by atoms with van der Waals surface area (Å²) < 4.78 is 0. The van der Waals surface area contributed by atoms with Gasteiger partial charge < -0.3 is 15.5 Å². The molecule has 3 rings (SSSR count). The molecule has 1 aliphatic heterocycles. The lowest BCUT2D eigenvalue weighted by Crippen LogP contribution is -2.54. The monoisotopic (exact) mass is 413 g/mol. The lowest BCUT2D eigenvalue weighted by Gasteiger charge is -2.41. The van der Waals surface area contributed by atoms with Crippen LogP contribution < -0.4 is 10.6 Å². The van der Waals surface area contributed by atoms with Gasteiger partial charge >= 0.3 is 0 Å². The third kappa shape index (κ3) is 4.50. The molecule has 0 aromatic carbocycles. The minimum Gasteiger partial charge on any atom is -0.354 e. The molecule has 2 aromatic rings. The van der Waals surface area contributed by atoms with Crippen molar-refractivity contribution in [2.75, 3.05) is 20.1 Å².